The maximum atomic E-state index is 11.7. The van der Waals surface area contributed by atoms with Crippen molar-refractivity contribution in [3.05, 3.63) is 49.9 Å². The standard InChI is InChI=1S/C29H46IN3O2Si/c1-17(2)24-22(25(34)18-15-31-26(32-16-18)27(3,4)5)23(30)21-19(33-24)13-29(9,10)14-20(21)35-36(11,12)28(6,7)8/h15-17,20,25,34H,13-14H2,1-12H3/t20-,25-/m0/s1. The number of nitrogens with zero attached hydrogens (tertiary/aromatic N) is 3. The van der Waals surface area contributed by atoms with E-state index in [2.05, 4.69) is 115 Å². The molecule has 0 saturated heterocycles. The average Bonchev–Trinajstić information content (AvgIpc) is 2.70. The van der Waals surface area contributed by atoms with Crippen LogP contribution < -0.4 is 0 Å². The molecule has 5 nitrogen and oxygen atoms in total. The number of aromatic nitrogens is 3. The molecule has 2 aromatic rings. The molecule has 3 rings (SSSR count). The lowest BCUT2D eigenvalue weighted by Crippen LogP contribution is -2.44. The molecular weight excluding hydrogens is 577 g/mol. The molecule has 0 unspecified atom stereocenters. The first kappa shape index (κ1) is 29.6. The van der Waals surface area contributed by atoms with Crippen LogP contribution in [0.4, 0.5) is 0 Å². The van der Waals surface area contributed by atoms with Gasteiger partial charge in [-0.2, -0.15) is 0 Å². The van der Waals surface area contributed by atoms with Crippen molar-refractivity contribution in [3.63, 3.8) is 0 Å². The average molecular weight is 624 g/mol. The summed E-state index contributed by atoms with van der Waals surface area (Å²) < 4.78 is 8.14. The lowest BCUT2D eigenvalue weighted by molar-refractivity contribution is 0.104. The van der Waals surface area contributed by atoms with Crippen LogP contribution in [0.25, 0.3) is 0 Å². The van der Waals surface area contributed by atoms with E-state index in [1.54, 1.807) is 12.4 Å². The van der Waals surface area contributed by atoms with Crippen molar-refractivity contribution in [2.45, 2.75) is 124 Å². The van der Waals surface area contributed by atoms with E-state index in [4.69, 9.17) is 9.41 Å². The van der Waals surface area contributed by atoms with E-state index in [1.165, 1.54) is 5.56 Å². The summed E-state index contributed by atoms with van der Waals surface area (Å²) in [6.45, 7) is 26.7. The zero-order valence-electron chi connectivity index (χ0n) is 24.4. The van der Waals surface area contributed by atoms with Gasteiger partial charge in [0.2, 0.25) is 0 Å². The second-order valence-corrected chi connectivity index (χ2v) is 20.0. The predicted molar refractivity (Wildman–Crippen MR) is 159 cm³/mol. The monoisotopic (exact) mass is 623 g/mol. The Balaban J connectivity index is 2.18. The lowest BCUT2D eigenvalue weighted by Gasteiger charge is -2.44. The summed E-state index contributed by atoms with van der Waals surface area (Å²) in [7, 11) is -2.03. The molecule has 0 bridgehead atoms. The van der Waals surface area contributed by atoms with Gasteiger partial charge >= 0.3 is 0 Å². The normalized spacial score (nSPS) is 19.4. The Bertz CT molecular complexity index is 1100. The largest absolute Gasteiger partial charge is 0.410 e. The lowest BCUT2D eigenvalue weighted by atomic mass is 9.74. The highest BCUT2D eigenvalue weighted by Crippen LogP contribution is 2.50. The van der Waals surface area contributed by atoms with E-state index in [0.717, 1.165) is 39.2 Å². The summed E-state index contributed by atoms with van der Waals surface area (Å²) in [5.41, 5.74) is 4.78. The molecule has 1 N–H and O–H groups in total. The molecule has 1 aliphatic carbocycles. The second kappa shape index (κ2) is 10.0. The number of hydrogen-bond acceptors (Lipinski definition) is 5. The zero-order valence-corrected chi connectivity index (χ0v) is 27.5. The first-order valence-corrected chi connectivity index (χ1v) is 17.1. The number of aliphatic hydroxyl groups is 1. The fourth-order valence-electron chi connectivity index (χ4n) is 4.61. The zero-order chi connectivity index (χ0) is 27.4. The molecule has 1 aliphatic rings. The number of aliphatic hydroxyl groups excluding tert-OH is 1. The number of halogens is 1. The Hall–Kier alpha value is -0.903. The highest BCUT2D eigenvalue weighted by Gasteiger charge is 2.44. The van der Waals surface area contributed by atoms with Crippen molar-refractivity contribution >= 4 is 30.9 Å². The van der Waals surface area contributed by atoms with Crippen LogP contribution in [0.5, 0.6) is 0 Å². The molecule has 2 heterocycles. The third-order valence-electron chi connectivity index (χ3n) is 7.74. The summed E-state index contributed by atoms with van der Waals surface area (Å²) in [6.07, 6.45) is 4.52. The molecular formula is C29H46IN3O2Si. The van der Waals surface area contributed by atoms with Crippen molar-refractivity contribution in [2.24, 2.45) is 5.41 Å². The minimum atomic E-state index is -2.03. The molecule has 200 valence electrons. The van der Waals surface area contributed by atoms with Crippen molar-refractivity contribution in [3.8, 4) is 0 Å². The van der Waals surface area contributed by atoms with Gasteiger partial charge in [0.25, 0.3) is 0 Å². The Morgan fingerprint density at radius 3 is 2.11 bits per heavy atom. The van der Waals surface area contributed by atoms with E-state index in [0.29, 0.717) is 5.56 Å². The Labute approximate surface area is 233 Å². The number of pyridine rings is 1. The molecule has 0 aliphatic heterocycles. The van der Waals surface area contributed by atoms with Crippen LogP contribution in [-0.4, -0.2) is 28.4 Å². The molecule has 0 aromatic carbocycles. The van der Waals surface area contributed by atoms with Gasteiger partial charge < -0.3 is 9.53 Å². The molecule has 0 fully saturated rings. The third-order valence-corrected chi connectivity index (χ3v) is 13.4. The summed E-state index contributed by atoms with van der Waals surface area (Å²) in [6, 6.07) is 0. The fourth-order valence-corrected chi connectivity index (χ4v) is 7.10. The van der Waals surface area contributed by atoms with Gasteiger partial charge in [0.05, 0.1) is 11.8 Å². The SMILES string of the molecule is CC(C)c1nc2c(c(I)c1[C@@H](O)c1cnc(C(C)(C)C)nc1)[C@@H](O[Si](C)(C)C(C)(C)C)CC(C)(C)C2. The van der Waals surface area contributed by atoms with Crippen molar-refractivity contribution in [2.75, 3.05) is 0 Å². The fraction of sp³-hybridized carbons (Fsp3) is 0.690. The summed E-state index contributed by atoms with van der Waals surface area (Å²) >= 11 is 2.44. The van der Waals surface area contributed by atoms with Gasteiger partial charge in [-0.3, -0.25) is 4.98 Å². The summed E-state index contributed by atoms with van der Waals surface area (Å²) in [5, 5.41) is 11.8. The molecule has 2 aromatic heterocycles. The minimum Gasteiger partial charge on any atom is -0.410 e. The molecule has 0 saturated carbocycles. The van der Waals surface area contributed by atoms with E-state index < -0.39 is 14.4 Å². The second-order valence-electron chi connectivity index (χ2n) is 14.1. The van der Waals surface area contributed by atoms with Gasteiger partial charge in [0.1, 0.15) is 11.9 Å². The summed E-state index contributed by atoms with van der Waals surface area (Å²) in [5.74, 6) is 0.943. The molecule has 0 spiro atoms. The van der Waals surface area contributed by atoms with Gasteiger partial charge in [0.15, 0.2) is 8.32 Å². The van der Waals surface area contributed by atoms with Gasteiger partial charge in [-0.25, -0.2) is 9.97 Å². The molecule has 0 amide bonds. The molecule has 2 atom stereocenters. The van der Waals surface area contributed by atoms with Crippen molar-refractivity contribution < 1.29 is 9.53 Å². The van der Waals surface area contributed by atoms with Crippen LogP contribution in [-0.2, 0) is 16.3 Å². The predicted octanol–water partition coefficient (Wildman–Crippen LogP) is 8.01. The first-order valence-electron chi connectivity index (χ1n) is 13.2. The minimum absolute atomic E-state index is 0.0317. The molecule has 0 radical (unpaired) electrons. The summed E-state index contributed by atoms with van der Waals surface area (Å²) in [4.78, 5) is 14.4. The maximum absolute atomic E-state index is 11.7. The Kier molecular flexibility index (Phi) is 8.24. The van der Waals surface area contributed by atoms with E-state index in [-0.39, 0.29) is 27.9 Å². The van der Waals surface area contributed by atoms with Crippen LogP contribution in [0.2, 0.25) is 18.1 Å². The molecule has 7 heteroatoms. The highest BCUT2D eigenvalue weighted by atomic mass is 127. The topological polar surface area (TPSA) is 68.1 Å². The van der Waals surface area contributed by atoms with Gasteiger partial charge in [0, 0.05) is 43.8 Å². The van der Waals surface area contributed by atoms with Gasteiger partial charge in [-0.15, -0.1) is 0 Å². The van der Waals surface area contributed by atoms with E-state index >= 15 is 0 Å². The van der Waals surface area contributed by atoms with Gasteiger partial charge in [-0.1, -0.05) is 69.2 Å². The van der Waals surface area contributed by atoms with Crippen molar-refractivity contribution in [1.29, 1.82) is 0 Å². The van der Waals surface area contributed by atoms with Crippen LogP contribution in [0.1, 0.15) is 128 Å². The van der Waals surface area contributed by atoms with E-state index in [1.807, 2.05) is 0 Å². The third kappa shape index (κ3) is 6.05. The number of fused-ring (bicyclic) bond motifs is 1. The Morgan fingerprint density at radius 2 is 1.64 bits per heavy atom. The van der Waals surface area contributed by atoms with Crippen LogP contribution in [0.15, 0.2) is 12.4 Å². The van der Waals surface area contributed by atoms with Crippen LogP contribution in [0.3, 0.4) is 0 Å². The van der Waals surface area contributed by atoms with Crippen molar-refractivity contribution in [1.82, 2.24) is 15.0 Å². The van der Waals surface area contributed by atoms with Gasteiger partial charge in [-0.05, 0) is 64.9 Å². The molecule has 36 heavy (non-hydrogen) atoms. The Morgan fingerprint density at radius 1 is 1.08 bits per heavy atom. The first-order chi connectivity index (χ1) is 16.2. The quantitative estimate of drug-likeness (QED) is 0.270. The smallest absolute Gasteiger partial charge is 0.192 e. The van der Waals surface area contributed by atoms with Crippen LogP contribution >= 0.6 is 22.6 Å². The number of rotatable bonds is 5. The van der Waals surface area contributed by atoms with E-state index in [9.17, 15) is 5.11 Å². The van der Waals surface area contributed by atoms with Crippen LogP contribution in [0, 0.1) is 8.99 Å². The number of hydrogen-bond donors (Lipinski definition) is 1. The highest BCUT2D eigenvalue weighted by molar-refractivity contribution is 14.1. The maximum Gasteiger partial charge on any atom is 0.192 e.